The highest BCUT2D eigenvalue weighted by Crippen LogP contribution is 2.40. The van der Waals surface area contributed by atoms with Gasteiger partial charge in [0.2, 0.25) is 0 Å². The third-order valence-corrected chi connectivity index (χ3v) is 9.25. The molecule has 0 radical (unpaired) electrons. The highest BCUT2D eigenvalue weighted by Gasteiger charge is 2.44. The Balaban J connectivity index is 1.30. The predicted molar refractivity (Wildman–Crippen MR) is 170 cm³/mol. The van der Waals surface area contributed by atoms with Gasteiger partial charge >= 0.3 is 12.1 Å². The van der Waals surface area contributed by atoms with E-state index in [1.165, 1.54) is 6.07 Å². The number of phenols is 1. The number of hydrogen-bond acceptors (Lipinski definition) is 9. The van der Waals surface area contributed by atoms with E-state index in [1.54, 1.807) is 12.3 Å². The summed E-state index contributed by atoms with van der Waals surface area (Å²) in [6.45, 7) is 8.02. The van der Waals surface area contributed by atoms with Crippen LogP contribution in [0.3, 0.4) is 0 Å². The molecule has 2 bridgehead atoms. The van der Waals surface area contributed by atoms with Gasteiger partial charge in [-0.2, -0.15) is 9.97 Å². The molecule has 3 atom stereocenters. The van der Waals surface area contributed by atoms with E-state index in [-0.39, 0.29) is 47.2 Å². The second-order valence-electron chi connectivity index (χ2n) is 13.5. The number of carbonyl (C=O) groups is 1. The lowest BCUT2D eigenvalue weighted by Gasteiger charge is -2.51. The average Bonchev–Trinajstić information content (AvgIpc) is 3.43. The van der Waals surface area contributed by atoms with Crippen LogP contribution < -0.4 is 9.64 Å². The van der Waals surface area contributed by atoms with Crippen molar-refractivity contribution in [3.63, 3.8) is 0 Å². The Bertz CT molecular complexity index is 1780. The van der Waals surface area contributed by atoms with Crippen molar-refractivity contribution < 1.29 is 23.8 Å². The van der Waals surface area contributed by atoms with Gasteiger partial charge in [-0.15, -0.1) is 0 Å². The zero-order chi connectivity index (χ0) is 31.5. The first kappa shape index (κ1) is 29.5. The Morgan fingerprint density at radius 3 is 2.60 bits per heavy atom. The minimum atomic E-state index is -0.604. The maximum atomic E-state index is 16.7. The SMILES string of the molecule is CN1CCC[C@H]1COc1nc(N2C[C@H]3CC[C@@H]2CN3C(=O)OC(C)(C)C)c2cnc(-c3cc(O)cc4ccccc34)c(F)c2n1. The van der Waals surface area contributed by atoms with Gasteiger partial charge in [-0.3, -0.25) is 4.98 Å². The lowest BCUT2D eigenvalue weighted by Crippen LogP contribution is -2.64. The van der Waals surface area contributed by atoms with Crippen LogP contribution in [0.4, 0.5) is 15.0 Å². The Morgan fingerprint density at radius 1 is 1.07 bits per heavy atom. The van der Waals surface area contributed by atoms with E-state index >= 15 is 4.39 Å². The first-order valence-electron chi connectivity index (χ1n) is 15.7. The number of pyridine rings is 1. The number of aromatic hydroxyl groups is 1. The summed E-state index contributed by atoms with van der Waals surface area (Å²) in [4.78, 5) is 33.3. The smallest absolute Gasteiger partial charge is 0.410 e. The maximum Gasteiger partial charge on any atom is 0.410 e. The van der Waals surface area contributed by atoms with Gasteiger partial charge in [-0.25, -0.2) is 9.18 Å². The summed E-state index contributed by atoms with van der Waals surface area (Å²) in [5, 5.41) is 12.5. The number of carbonyl (C=O) groups excluding carboxylic acids is 1. The molecule has 0 saturated carbocycles. The van der Waals surface area contributed by atoms with Crippen molar-refractivity contribution in [2.45, 2.75) is 70.2 Å². The number of ether oxygens (including phenoxy) is 2. The van der Waals surface area contributed by atoms with Crippen molar-refractivity contribution in [2.75, 3.05) is 38.2 Å². The second-order valence-corrected chi connectivity index (χ2v) is 13.5. The molecular formula is C34H39FN6O4. The number of halogens is 1. The number of fused-ring (bicyclic) bond motifs is 5. The van der Waals surface area contributed by atoms with Gasteiger partial charge in [0.1, 0.15) is 35.0 Å². The summed E-state index contributed by atoms with van der Waals surface area (Å²) in [7, 11) is 2.08. The van der Waals surface area contributed by atoms with Crippen LogP contribution in [0, 0.1) is 5.82 Å². The molecule has 10 nitrogen and oxygen atoms in total. The molecule has 2 aromatic carbocycles. The molecule has 236 valence electrons. The number of benzene rings is 2. The number of hydrogen-bond donors (Lipinski definition) is 1. The fraction of sp³-hybridized carbons (Fsp3) is 0.471. The molecule has 4 aliphatic rings. The largest absolute Gasteiger partial charge is 0.508 e. The number of anilines is 1. The number of piperazine rings is 1. The highest BCUT2D eigenvalue weighted by atomic mass is 19.1. The number of phenolic OH excluding ortho intramolecular Hbond substituents is 1. The zero-order valence-electron chi connectivity index (χ0n) is 26.2. The summed E-state index contributed by atoms with van der Waals surface area (Å²) in [6, 6.07) is 10.9. The van der Waals surface area contributed by atoms with Gasteiger partial charge in [-0.05, 0) is 83.0 Å². The molecule has 0 spiro atoms. The van der Waals surface area contributed by atoms with E-state index in [0.717, 1.165) is 43.0 Å². The molecule has 4 aliphatic heterocycles. The van der Waals surface area contributed by atoms with Gasteiger partial charge in [0.25, 0.3) is 0 Å². The highest BCUT2D eigenvalue weighted by molar-refractivity contribution is 6.00. The number of piperidine rings is 2. The van der Waals surface area contributed by atoms with Crippen LogP contribution in [-0.4, -0.2) is 93.0 Å². The summed E-state index contributed by atoms with van der Waals surface area (Å²) in [5.41, 5.74) is 0.0948. The Hall–Kier alpha value is -4.25. The number of rotatable bonds is 5. The molecule has 45 heavy (non-hydrogen) atoms. The van der Waals surface area contributed by atoms with E-state index in [4.69, 9.17) is 14.5 Å². The van der Waals surface area contributed by atoms with Crippen molar-refractivity contribution in [1.82, 2.24) is 24.8 Å². The van der Waals surface area contributed by atoms with E-state index in [9.17, 15) is 9.90 Å². The zero-order valence-corrected chi connectivity index (χ0v) is 26.2. The first-order valence-corrected chi connectivity index (χ1v) is 15.7. The molecule has 1 amide bonds. The van der Waals surface area contributed by atoms with Crippen molar-refractivity contribution in [3.8, 4) is 23.0 Å². The minimum Gasteiger partial charge on any atom is -0.508 e. The van der Waals surface area contributed by atoms with E-state index in [1.807, 2.05) is 49.9 Å². The normalized spacial score (nSPS) is 22.0. The second kappa shape index (κ2) is 11.3. The minimum absolute atomic E-state index is 0.0250. The van der Waals surface area contributed by atoms with Gasteiger partial charge in [0.05, 0.1) is 11.4 Å². The Labute approximate surface area is 261 Å². The molecule has 0 unspecified atom stereocenters. The summed E-state index contributed by atoms with van der Waals surface area (Å²) in [5.74, 6) is -0.0312. The summed E-state index contributed by atoms with van der Waals surface area (Å²) >= 11 is 0. The molecule has 11 heteroatoms. The maximum absolute atomic E-state index is 16.7. The van der Waals surface area contributed by atoms with Crippen LogP contribution in [0.15, 0.2) is 42.6 Å². The quantitative estimate of drug-likeness (QED) is 0.301. The molecule has 8 rings (SSSR count). The molecule has 0 aliphatic carbocycles. The number of likely N-dealkylation sites (N-methyl/N-ethyl adjacent to an activating group) is 1. The van der Waals surface area contributed by atoms with Crippen LogP contribution in [0.25, 0.3) is 32.9 Å². The predicted octanol–water partition coefficient (Wildman–Crippen LogP) is 5.75. The van der Waals surface area contributed by atoms with Crippen LogP contribution in [0.5, 0.6) is 11.8 Å². The van der Waals surface area contributed by atoms with E-state index < -0.39 is 11.4 Å². The lowest BCUT2D eigenvalue weighted by molar-refractivity contribution is 0.000794. The lowest BCUT2D eigenvalue weighted by atomic mass is 9.91. The van der Waals surface area contributed by atoms with Crippen LogP contribution >= 0.6 is 0 Å². The van der Waals surface area contributed by atoms with Gasteiger partial charge in [0, 0.05) is 36.9 Å². The topological polar surface area (TPSA) is 104 Å². The van der Waals surface area contributed by atoms with E-state index in [2.05, 4.69) is 26.8 Å². The molecule has 1 N–H and O–H groups in total. The van der Waals surface area contributed by atoms with Crippen molar-refractivity contribution in [1.29, 1.82) is 0 Å². The number of nitrogens with zero attached hydrogens (tertiary/aromatic N) is 6. The van der Waals surface area contributed by atoms with Crippen molar-refractivity contribution in [3.05, 3.63) is 48.4 Å². The first-order chi connectivity index (χ1) is 21.6. The van der Waals surface area contributed by atoms with Crippen molar-refractivity contribution >= 4 is 33.6 Å². The molecule has 4 aromatic rings. The van der Waals surface area contributed by atoms with E-state index in [0.29, 0.717) is 36.5 Å². The molecular weight excluding hydrogens is 575 g/mol. The third kappa shape index (κ3) is 5.58. The summed E-state index contributed by atoms with van der Waals surface area (Å²) < 4.78 is 28.6. The Morgan fingerprint density at radius 2 is 1.87 bits per heavy atom. The van der Waals surface area contributed by atoms with Crippen LogP contribution in [0.1, 0.15) is 46.5 Å². The molecule has 4 saturated heterocycles. The number of likely N-dealkylation sites (tertiary alicyclic amines) is 1. The van der Waals surface area contributed by atoms with Gasteiger partial charge in [0.15, 0.2) is 5.82 Å². The summed E-state index contributed by atoms with van der Waals surface area (Å²) in [6.07, 6.45) is 5.12. The molecule has 4 fully saturated rings. The van der Waals surface area contributed by atoms with Gasteiger partial charge < -0.3 is 29.3 Å². The molecule has 2 aromatic heterocycles. The van der Waals surface area contributed by atoms with Gasteiger partial charge in [-0.1, -0.05) is 24.3 Å². The molecule has 6 heterocycles. The fourth-order valence-electron chi connectivity index (χ4n) is 6.98. The standard InChI is InChI=1S/C34H39FN6O4/c1-34(2,3)45-33(43)41-18-21-11-12-22(41)17-40(21)31-27-16-36-29(26-15-24(42)14-20-8-5-6-10-25(20)26)28(35)30(27)37-32(38-31)44-19-23-9-7-13-39(23)4/h5-6,8,10,14-16,21-23,42H,7,9,11-13,17-19H2,1-4H3/t21-,22-,23+/m1/s1. The fourth-order valence-corrected chi connectivity index (χ4v) is 6.98. The van der Waals surface area contributed by atoms with Crippen LogP contribution in [0.2, 0.25) is 0 Å². The number of aromatic nitrogens is 3. The number of amides is 1. The monoisotopic (exact) mass is 614 g/mol. The Kier molecular flexibility index (Phi) is 7.38. The van der Waals surface area contributed by atoms with Crippen LogP contribution in [-0.2, 0) is 4.74 Å². The average molecular weight is 615 g/mol. The third-order valence-electron chi connectivity index (χ3n) is 9.25. The van der Waals surface area contributed by atoms with Crippen molar-refractivity contribution in [2.24, 2.45) is 0 Å².